The summed E-state index contributed by atoms with van der Waals surface area (Å²) < 4.78 is 9.63. The van der Waals surface area contributed by atoms with Crippen LogP contribution < -0.4 is 5.32 Å². The van der Waals surface area contributed by atoms with Crippen LogP contribution in [0.4, 0.5) is 0 Å². The molecule has 1 rings (SSSR count). The second-order valence-corrected chi connectivity index (χ2v) is 4.38. The van der Waals surface area contributed by atoms with Gasteiger partial charge in [0.1, 0.15) is 6.04 Å². The van der Waals surface area contributed by atoms with Crippen molar-refractivity contribution in [2.24, 2.45) is 0 Å². The second-order valence-electron chi connectivity index (χ2n) is 4.38. The highest BCUT2D eigenvalue weighted by Crippen LogP contribution is 2.21. The van der Waals surface area contributed by atoms with Crippen LogP contribution in [0, 0.1) is 0 Å². The van der Waals surface area contributed by atoms with Crippen LogP contribution in [0.25, 0.3) is 0 Å². The predicted octanol–water partition coefficient (Wildman–Crippen LogP) is -0.225. The van der Waals surface area contributed by atoms with E-state index in [1.165, 1.54) is 7.11 Å². The topological polar surface area (TPSA) is 67.9 Å². The fourth-order valence-corrected chi connectivity index (χ4v) is 2.22. The fourth-order valence-electron chi connectivity index (χ4n) is 2.22. The minimum absolute atomic E-state index is 0.0807. The molecular formula is C12H22N2O4. The lowest BCUT2D eigenvalue weighted by Crippen LogP contribution is -2.50. The highest BCUT2D eigenvalue weighted by atomic mass is 16.5. The Balaban J connectivity index is 2.51. The zero-order chi connectivity index (χ0) is 13.5. The maximum Gasteiger partial charge on any atom is 0.323 e. The molecule has 6 nitrogen and oxygen atoms in total. The third-order valence-electron chi connectivity index (χ3n) is 3.25. The van der Waals surface area contributed by atoms with Crippen molar-refractivity contribution < 1.29 is 19.1 Å². The van der Waals surface area contributed by atoms with E-state index in [1.54, 1.807) is 7.11 Å². The first-order chi connectivity index (χ1) is 8.61. The van der Waals surface area contributed by atoms with E-state index < -0.39 is 0 Å². The molecule has 1 aliphatic heterocycles. The van der Waals surface area contributed by atoms with E-state index in [0.29, 0.717) is 13.2 Å². The summed E-state index contributed by atoms with van der Waals surface area (Å²) in [5, 5.41) is 2.78. The minimum atomic E-state index is -0.326. The van der Waals surface area contributed by atoms with E-state index in [1.807, 2.05) is 11.8 Å². The number of hydrogen-bond donors (Lipinski definition) is 1. The van der Waals surface area contributed by atoms with Gasteiger partial charge in [-0.1, -0.05) is 0 Å². The quantitative estimate of drug-likeness (QED) is 0.527. The van der Waals surface area contributed by atoms with E-state index >= 15 is 0 Å². The zero-order valence-corrected chi connectivity index (χ0v) is 11.3. The zero-order valence-electron chi connectivity index (χ0n) is 11.3. The van der Waals surface area contributed by atoms with Crippen LogP contribution in [0.15, 0.2) is 0 Å². The van der Waals surface area contributed by atoms with E-state index in [9.17, 15) is 9.59 Å². The molecule has 2 unspecified atom stereocenters. The van der Waals surface area contributed by atoms with Gasteiger partial charge >= 0.3 is 5.97 Å². The van der Waals surface area contributed by atoms with Gasteiger partial charge in [0.15, 0.2) is 0 Å². The molecule has 2 atom stereocenters. The Bertz CT molecular complexity index is 296. The number of nitrogens with one attached hydrogen (secondary N) is 1. The van der Waals surface area contributed by atoms with Crippen LogP contribution in [0.3, 0.4) is 0 Å². The molecule has 1 amide bonds. The average Bonchev–Trinajstić information content (AvgIpc) is 2.86. The van der Waals surface area contributed by atoms with E-state index in [4.69, 9.17) is 9.47 Å². The van der Waals surface area contributed by atoms with Gasteiger partial charge in [0.05, 0.1) is 19.8 Å². The number of esters is 1. The van der Waals surface area contributed by atoms with Gasteiger partial charge in [0, 0.05) is 13.7 Å². The lowest BCUT2D eigenvalue weighted by molar-refractivity contribution is -0.147. The summed E-state index contributed by atoms with van der Waals surface area (Å²) in [7, 11) is 2.96. The van der Waals surface area contributed by atoms with Crippen LogP contribution in [0.5, 0.6) is 0 Å². The number of amides is 1. The second kappa shape index (κ2) is 7.33. The highest BCUT2D eigenvalue weighted by Gasteiger charge is 2.36. The van der Waals surface area contributed by atoms with Gasteiger partial charge in [-0.05, 0) is 26.3 Å². The van der Waals surface area contributed by atoms with E-state index in [2.05, 4.69) is 5.32 Å². The van der Waals surface area contributed by atoms with Crippen LogP contribution in [0.2, 0.25) is 0 Å². The molecule has 0 saturated carbocycles. The van der Waals surface area contributed by atoms with Gasteiger partial charge in [-0.15, -0.1) is 0 Å². The summed E-state index contributed by atoms with van der Waals surface area (Å²) in [4.78, 5) is 25.4. The van der Waals surface area contributed by atoms with Gasteiger partial charge < -0.3 is 14.8 Å². The predicted molar refractivity (Wildman–Crippen MR) is 66.1 cm³/mol. The number of likely N-dealkylation sites (tertiary alicyclic amines) is 1. The van der Waals surface area contributed by atoms with Crippen molar-refractivity contribution in [3.63, 3.8) is 0 Å². The smallest absolute Gasteiger partial charge is 0.323 e. The molecule has 0 spiro atoms. The summed E-state index contributed by atoms with van der Waals surface area (Å²) in [6.07, 6.45) is 1.66. The summed E-state index contributed by atoms with van der Waals surface area (Å²) in [6.45, 7) is 3.53. The molecule has 1 fully saturated rings. The Kier molecular flexibility index (Phi) is 6.07. The molecular weight excluding hydrogens is 236 g/mol. The van der Waals surface area contributed by atoms with E-state index in [0.717, 1.165) is 19.4 Å². The first-order valence-corrected chi connectivity index (χ1v) is 6.22. The lowest BCUT2D eigenvalue weighted by Gasteiger charge is -2.28. The van der Waals surface area contributed by atoms with Crippen molar-refractivity contribution in [1.29, 1.82) is 0 Å². The molecule has 0 aromatic carbocycles. The molecule has 1 aliphatic rings. The number of carbonyl (C=O) groups excluding carboxylic acids is 2. The number of hydrogen-bond acceptors (Lipinski definition) is 5. The maximum atomic E-state index is 11.9. The molecule has 1 N–H and O–H groups in total. The molecule has 18 heavy (non-hydrogen) atoms. The number of methoxy groups -OCH3 is 2. The van der Waals surface area contributed by atoms with Crippen LogP contribution >= 0.6 is 0 Å². The molecule has 104 valence electrons. The Morgan fingerprint density at radius 2 is 2.17 bits per heavy atom. The van der Waals surface area contributed by atoms with Gasteiger partial charge in [-0.25, -0.2) is 0 Å². The molecule has 0 aliphatic carbocycles. The van der Waals surface area contributed by atoms with Gasteiger partial charge in [0.25, 0.3) is 0 Å². The van der Waals surface area contributed by atoms with Gasteiger partial charge in [-0.3, -0.25) is 14.5 Å². The number of carbonyl (C=O) groups is 2. The van der Waals surface area contributed by atoms with Crippen molar-refractivity contribution in [2.45, 2.75) is 31.8 Å². The summed E-state index contributed by atoms with van der Waals surface area (Å²) in [6, 6.07) is -0.619. The number of ether oxygens (including phenoxy) is 2. The van der Waals surface area contributed by atoms with Crippen molar-refractivity contribution >= 4 is 11.9 Å². The molecule has 1 saturated heterocycles. The molecule has 0 aromatic rings. The van der Waals surface area contributed by atoms with Crippen molar-refractivity contribution in [3.8, 4) is 0 Å². The monoisotopic (exact) mass is 258 g/mol. The molecule has 0 aromatic heterocycles. The van der Waals surface area contributed by atoms with Gasteiger partial charge in [0.2, 0.25) is 5.91 Å². The number of nitrogens with zero attached hydrogens (tertiary/aromatic N) is 1. The van der Waals surface area contributed by atoms with Crippen molar-refractivity contribution in [2.75, 3.05) is 33.9 Å². The average molecular weight is 258 g/mol. The molecule has 6 heteroatoms. The Morgan fingerprint density at radius 1 is 1.44 bits per heavy atom. The molecule has 1 heterocycles. The molecule has 0 radical (unpaired) electrons. The molecule has 0 bridgehead atoms. The third-order valence-corrected chi connectivity index (χ3v) is 3.25. The Labute approximate surface area is 108 Å². The standard InChI is InChI=1S/C12H22N2O4/c1-9(11(15)13-6-8-17-2)14-7-4-5-10(14)12(16)18-3/h9-10H,4-8H2,1-3H3,(H,13,15). The SMILES string of the molecule is COCCNC(=O)C(C)N1CCCC1C(=O)OC. The minimum Gasteiger partial charge on any atom is -0.468 e. The van der Waals surface area contributed by atoms with Crippen molar-refractivity contribution in [1.82, 2.24) is 10.2 Å². The first-order valence-electron chi connectivity index (χ1n) is 6.22. The Morgan fingerprint density at radius 3 is 2.78 bits per heavy atom. The highest BCUT2D eigenvalue weighted by molar-refractivity contribution is 5.83. The van der Waals surface area contributed by atoms with E-state index in [-0.39, 0.29) is 24.0 Å². The summed E-state index contributed by atoms with van der Waals surface area (Å²) in [5.41, 5.74) is 0. The summed E-state index contributed by atoms with van der Waals surface area (Å²) >= 11 is 0. The van der Waals surface area contributed by atoms with Gasteiger partial charge in [-0.2, -0.15) is 0 Å². The normalized spacial score (nSPS) is 21.6. The first kappa shape index (κ1) is 14.9. The summed E-state index contributed by atoms with van der Waals surface area (Å²) in [5.74, 6) is -0.341. The van der Waals surface area contributed by atoms with Crippen LogP contribution in [-0.2, 0) is 19.1 Å². The Hall–Kier alpha value is -1.14. The van der Waals surface area contributed by atoms with Crippen molar-refractivity contribution in [3.05, 3.63) is 0 Å². The lowest BCUT2D eigenvalue weighted by atomic mass is 10.2. The number of rotatable bonds is 6. The fraction of sp³-hybridized carbons (Fsp3) is 0.833. The van der Waals surface area contributed by atoms with Crippen LogP contribution in [-0.4, -0.2) is 62.8 Å². The third kappa shape index (κ3) is 3.68. The van der Waals surface area contributed by atoms with Crippen LogP contribution in [0.1, 0.15) is 19.8 Å². The maximum absolute atomic E-state index is 11.9. The largest absolute Gasteiger partial charge is 0.468 e.